The summed E-state index contributed by atoms with van der Waals surface area (Å²) in [5.41, 5.74) is 1.07. The van der Waals surface area contributed by atoms with E-state index in [1.807, 2.05) is 17.3 Å². The first-order valence-corrected chi connectivity index (χ1v) is 10.8. The lowest BCUT2D eigenvalue weighted by molar-refractivity contribution is -0.131. The van der Waals surface area contributed by atoms with Gasteiger partial charge in [-0.1, -0.05) is 13.8 Å². The van der Waals surface area contributed by atoms with Gasteiger partial charge in [0, 0.05) is 57.8 Å². The van der Waals surface area contributed by atoms with Crippen molar-refractivity contribution in [1.82, 2.24) is 19.8 Å². The molecule has 4 rings (SSSR count). The molecular formula is C21H34N6O. The average molecular weight is 387 g/mol. The summed E-state index contributed by atoms with van der Waals surface area (Å²) in [6, 6.07) is 1.10. The number of carbonyl (C=O) groups excluding carboxylic acids is 1. The molecule has 3 saturated heterocycles. The molecule has 154 valence electrons. The minimum Gasteiger partial charge on any atom is -0.365 e. The quantitative estimate of drug-likeness (QED) is 0.770. The highest BCUT2D eigenvalue weighted by molar-refractivity contribution is 5.76. The zero-order valence-corrected chi connectivity index (χ0v) is 17.5. The average Bonchev–Trinajstić information content (AvgIpc) is 2.97. The first-order chi connectivity index (χ1) is 13.5. The molecule has 2 bridgehead atoms. The van der Waals surface area contributed by atoms with Crippen LogP contribution in [0.15, 0.2) is 12.4 Å². The van der Waals surface area contributed by atoms with Crippen molar-refractivity contribution in [3.63, 3.8) is 0 Å². The van der Waals surface area contributed by atoms with E-state index >= 15 is 0 Å². The number of fused-ring (bicyclic) bond motifs is 2. The predicted molar refractivity (Wildman–Crippen MR) is 112 cm³/mol. The van der Waals surface area contributed by atoms with Crippen LogP contribution in [0, 0.1) is 5.92 Å². The standard InChI is InChI=1S/C21H34N6O/c1-16(2)4-7-20(28)26-10-8-25(9-11-26)19-12-22-21(23-13-19)27-17-5-6-18(27)15-24(3)14-17/h12-13,16-18H,4-11,14-15H2,1-3H3. The summed E-state index contributed by atoms with van der Waals surface area (Å²) in [4.78, 5) is 30.9. The number of carbonyl (C=O) groups is 1. The van der Waals surface area contributed by atoms with Crippen LogP contribution in [0.2, 0.25) is 0 Å². The molecule has 2 atom stereocenters. The molecule has 0 aliphatic carbocycles. The Bertz CT molecular complexity index is 656. The molecule has 1 amide bonds. The molecule has 0 radical (unpaired) electrons. The second-order valence-corrected chi connectivity index (χ2v) is 9.06. The Morgan fingerprint density at radius 1 is 1.07 bits per heavy atom. The SMILES string of the molecule is CC(C)CCC(=O)N1CCN(c2cnc(N3C4CCC3CN(C)C4)nc2)CC1. The molecule has 0 aromatic carbocycles. The van der Waals surface area contributed by atoms with E-state index in [9.17, 15) is 4.79 Å². The van der Waals surface area contributed by atoms with Gasteiger partial charge in [0.15, 0.2) is 0 Å². The van der Waals surface area contributed by atoms with E-state index in [0.29, 0.717) is 30.3 Å². The summed E-state index contributed by atoms with van der Waals surface area (Å²) in [6.07, 6.45) is 8.07. The van der Waals surface area contributed by atoms with E-state index in [2.05, 4.69) is 35.6 Å². The second-order valence-electron chi connectivity index (χ2n) is 9.06. The largest absolute Gasteiger partial charge is 0.365 e. The van der Waals surface area contributed by atoms with E-state index in [-0.39, 0.29) is 0 Å². The van der Waals surface area contributed by atoms with Gasteiger partial charge in [-0.25, -0.2) is 9.97 Å². The van der Waals surface area contributed by atoms with Crippen LogP contribution < -0.4 is 9.80 Å². The van der Waals surface area contributed by atoms with Crippen molar-refractivity contribution in [3.8, 4) is 0 Å². The minimum atomic E-state index is 0.297. The zero-order valence-electron chi connectivity index (χ0n) is 17.5. The van der Waals surface area contributed by atoms with Crippen LogP contribution >= 0.6 is 0 Å². The summed E-state index contributed by atoms with van der Waals surface area (Å²) < 4.78 is 0. The molecule has 3 fully saturated rings. The molecule has 3 aliphatic rings. The fourth-order valence-electron chi connectivity index (χ4n) is 4.84. The van der Waals surface area contributed by atoms with Gasteiger partial charge in [-0.05, 0) is 32.2 Å². The monoisotopic (exact) mass is 386 g/mol. The zero-order chi connectivity index (χ0) is 19.7. The van der Waals surface area contributed by atoms with Crippen molar-refractivity contribution in [1.29, 1.82) is 0 Å². The number of hydrogen-bond acceptors (Lipinski definition) is 6. The van der Waals surface area contributed by atoms with Crippen molar-refractivity contribution in [2.45, 2.75) is 51.6 Å². The van der Waals surface area contributed by atoms with Gasteiger partial charge in [-0.2, -0.15) is 0 Å². The molecule has 7 nitrogen and oxygen atoms in total. The lowest BCUT2D eigenvalue weighted by Gasteiger charge is -2.39. The van der Waals surface area contributed by atoms with E-state index in [4.69, 9.17) is 9.97 Å². The van der Waals surface area contributed by atoms with Crippen LogP contribution in [-0.2, 0) is 4.79 Å². The molecule has 1 aromatic rings. The highest BCUT2D eigenvalue weighted by Gasteiger charge is 2.40. The highest BCUT2D eigenvalue weighted by atomic mass is 16.2. The van der Waals surface area contributed by atoms with Gasteiger partial charge in [0.05, 0.1) is 18.1 Å². The van der Waals surface area contributed by atoms with Crippen molar-refractivity contribution in [2.75, 3.05) is 56.1 Å². The number of nitrogens with zero attached hydrogens (tertiary/aromatic N) is 6. The van der Waals surface area contributed by atoms with Gasteiger partial charge < -0.3 is 19.6 Å². The van der Waals surface area contributed by atoms with Crippen molar-refractivity contribution in [3.05, 3.63) is 12.4 Å². The summed E-state index contributed by atoms with van der Waals surface area (Å²) in [5.74, 6) is 1.76. The van der Waals surface area contributed by atoms with Gasteiger partial charge in [0.2, 0.25) is 11.9 Å². The predicted octanol–water partition coefficient (Wildman–Crippen LogP) is 1.84. The Morgan fingerprint density at radius 2 is 1.68 bits per heavy atom. The molecule has 1 aromatic heterocycles. The Morgan fingerprint density at radius 3 is 2.25 bits per heavy atom. The Balaban J connectivity index is 1.32. The van der Waals surface area contributed by atoms with E-state index < -0.39 is 0 Å². The number of rotatable bonds is 5. The summed E-state index contributed by atoms with van der Waals surface area (Å²) in [5, 5.41) is 0. The molecule has 4 heterocycles. The molecule has 7 heteroatoms. The van der Waals surface area contributed by atoms with Gasteiger partial charge in [0.25, 0.3) is 0 Å². The third-order valence-corrected chi connectivity index (χ3v) is 6.45. The van der Waals surface area contributed by atoms with E-state index in [1.165, 1.54) is 12.8 Å². The molecule has 0 N–H and O–H groups in total. The van der Waals surface area contributed by atoms with Crippen molar-refractivity contribution >= 4 is 17.5 Å². The molecule has 2 unspecified atom stereocenters. The molecular weight excluding hydrogens is 352 g/mol. The van der Waals surface area contributed by atoms with Crippen molar-refractivity contribution in [2.24, 2.45) is 5.92 Å². The van der Waals surface area contributed by atoms with Crippen LogP contribution in [0.25, 0.3) is 0 Å². The lowest BCUT2D eigenvalue weighted by atomic mass is 10.1. The Labute approximate surface area is 168 Å². The maximum atomic E-state index is 12.3. The van der Waals surface area contributed by atoms with Crippen LogP contribution in [-0.4, -0.2) is 84.1 Å². The fraction of sp³-hybridized carbons (Fsp3) is 0.762. The second kappa shape index (κ2) is 8.23. The number of likely N-dealkylation sites (tertiary alicyclic amines) is 1. The van der Waals surface area contributed by atoms with Crippen LogP contribution in [0.3, 0.4) is 0 Å². The first-order valence-electron chi connectivity index (χ1n) is 10.8. The first kappa shape index (κ1) is 19.4. The molecule has 0 spiro atoms. The summed E-state index contributed by atoms with van der Waals surface area (Å²) >= 11 is 0. The van der Waals surface area contributed by atoms with Crippen LogP contribution in [0.1, 0.15) is 39.5 Å². The van der Waals surface area contributed by atoms with E-state index in [1.54, 1.807) is 0 Å². The van der Waals surface area contributed by atoms with Crippen LogP contribution in [0.5, 0.6) is 0 Å². The maximum absolute atomic E-state index is 12.3. The van der Waals surface area contributed by atoms with Gasteiger partial charge in [0.1, 0.15) is 0 Å². The maximum Gasteiger partial charge on any atom is 0.225 e. The highest BCUT2D eigenvalue weighted by Crippen LogP contribution is 2.32. The fourth-order valence-corrected chi connectivity index (χ4v) is 4.84. The lowest BCUT2D eigenvalue weighted by Crippen LogP contribution is -2.53. The van der Waals surface area contributed by atoms with Gasteiger partial charge in [-0.3, -0.25) is 4.79 Å². The molecule has 28 heavy (non-hydrogen) atoms. The number of piperazine rings is 2. The molecule has 3 aliphatic heterocycles. The smallest absolute Gasteiger partial charge is 0.225 e. The van der Waals surface area contributed by atoms with Crippen molar-refractivity contribution < 1.29 is 4.79 Å². The third-order valence-electron chi connectivity index (χ3n) is 6.45. The number of anilines is 2. The number of aromatic nitrogens is 2. The summed E-state index contributed by atoms with van der Waals surface area (Å²) in [6.45, 7) is 9.85. The van der Waals surface area contributed by atoms with Gasteiger partial charge in [-0.15, -0.1) is 0 Å². The minimum absolute atomic E-state index is 0.297. The number of likely N-dealkylation sites (N-methyl/N-ethyl adjacent to an activating group) is 1. The van der Waals surface area contributed by atoms with E-state index in [0.717, 1.165) is 57.3 Å². The normalized spacial score (nSPS) is 25.6. The Hall–Kier alpha value is -1.89. The number of hydrogen-bond donors (Lipinski definition) is 0. The van der Waals surface area contributed by atoms with Crippen LogP contribution in [0.4, 0.5) is 11.6 Å². The topological polar surface area (TPSA) is 55.8 Å². The Kier molecular flexibility index (Phi) is 5.71. The number of amides is 1. The third kappa shape index (κ3) is 4.09. The van der Waals surface area contributed by atoms with Gasteiger partial charge >= 0.3 is 0 Å². The summed E-state index contributed by atoms with van der Waals surface area (Å²) in [7, 11) is 2.21. The molecule has 0 saturated carbocycles.